The molecule has 0 saturated heterocycles. The van der Waals surface area contributed by atoms with Crippen molar-refractivity contribution in [3.8, 4) is 0 Å². The van der Waals surface area contributed by atoms with Crippen LogP contribution in [0.2, 0.25) is 0 Å². The van der Waals surface area contributed by atoms with Crippen molar-refractivity contribution in [1.82, 2.24) is 20.0 Å². The van der Waals surface area contributed by atoms with Gasteiger partial charge < -0.3 is 19.9 Å². The van der Waals surface area contributed by atoms with Gasteiger partial charge in [0.2, 0.25) is 0 Å². The summed E-state index contributed by atoms with van der Waals surface area (Å²) in [5, 5.41) is 9.82. The zero-order chi connectivity index (χ0) is 23.8. The highest BCUT2D eigenvalue weighted by Gasteiger charge is 2.26. The van der Waals surface area contributed by atoms with E-state index in [1.165, 1.54) is 0 Å². The molecule has 0 saturated carbocycles. The van der Waals surface area contributed by atoms with Crippen molar-refractivity contribution in [1.29, 1.82) is 0 Å². The second kappa shape index (κ2) is 8.76. The first-order chi connectivity index (χ1) is 15.6. The number of fused-ring (bicyclic) bond motifs is 2. The molecule has 2 N–H and O–H groups in total. The Labute approximate surface area is 192 Å². The van der Waals surface area contributed by atoms with Crippen molar-refractivity contribution in [2.45, 2.75) is 45.8 Å². The summed E-state index contributed by atoms with van der Waals surface area (Å²) in [4.78, 5) is 40.2. The van der Waals surface area contributed by atoms with Crippen LogP contribution in [0.25, 0.3) is 0 Å². The van der Waals surface area contributed by atoms with E-state index in [2.05, 4.69) is 26.7 Å². The molecule has 10 heteroatoms. The van der Waals surface area contributed by atoms with Gasteiger partial charge in [0.25, 0.3) is 5.91 Å². The second-order valence-electron chi connectivity index (χ2n) is 9.30. The topological polar surface area (TPSA) is 109 Å². The van der Waals surface area contributed by atoms with Crippen LogP contribution in [-0.2, 0) is 22.5 Å². The third-order valence-corrected chi connectivity index (χ3v) is 5.54. The second-order valence-corrected chi connectivity index (χ2v) is 9.30. The third kappa shape index (κ3) is 5.10. The highest BCUT2D eigenvalue weighted by Crippen LogP contribution is 2.34. The summed E-state index contributed by atoms with van der Waals surface area (Å²) in [5.41, 5.74) is 2.26. The number of nitrogens with zero attached hydrogens (tertiary/aromatic N) is 4. The normalized spacial score (nSPS) is 15.2. The molecule has 0 bridgehead atoms. The molecule has 33 heavy (non-hydrogen) atoms. The van der Waals surface area contributed by atoms with E-state index in [1.54, 1.807) is 25.7 Å². The van der Waals surface area contributed by atoms with Crippen LogP contribution in [0.3, 0.4) is 0 Å². The molecule has 0 aliphatic carbocycles. The van der Waals surface area contributed by atoms with E-state index in [-0.39, 0.29) is 24.8 Å². The molecule has 3 heterocycles. The van der Waals surface area contributed by atoms with Crippen LogP contribution in [0.15, 0.2) is 24.3 Å². The van der Waals surface area contributed by atoms with Gasteiger partial charge in [0.1, 0.15) is 11.4 Å². The quantitative estimate of drug-likeness (QED) is 0.672. The summed E-state index contributed by atoms with van der Waals surface area (Å²) in [6.07, 6.45) is 0.920. The summed E-state index contributed by atoms with van der Waals surface area (Å²) >= 11 is 0. The van der Waals surface area contributed by atoms with Crippen LogP contribution in [0.5, 0.6) is 0 Å². The first kappa shape index (κ1) is 22.6. The van der Waals surface area contributed by atoms with Crippen molar-refractivity contribution < 1.29 is 19.1 Å². The van der Waals surface area contributed by atoms with Gasteiger partial charge in [-0.05, 0) is 51.0 Å². The van der Waals surface area contributed by atoms with E-state index in [9.17, 15) is 14.4 Å². The number of carbonyl (C=O) groups is 3. The molecule has 1 aromatic heterocycles. The molecular formula is C23H30N6O4. The summed E-state index contributed by atoms with van der Waals surface area (Å²) in [7, 11) is 1.82. The third-order valence-electron chi connectivity index (χ3n) is 5.54. The van der Waals surface area contributed by atoms with E-state index in [1.807, 2.05) is 29.9 Å². The summed E-state index contributed by atoms with van der Waals surface area (Å²) in [6, 6.07) is 7.30. The van der Waals surface area contributed by atoms with Gasteiger partial charge in [-0.2, -0.15) is 5.10 Å². The molecule has 0 radical (unpaired) electrons. The van der Waals surface area contributed by atoms with E-state index in [0.717, 1.165) is 35.6 Å². The van der Waals surface area contributed by atoms with E-state index in [0.29, 0.717) is 18.9 Å². The number of rotatable bonds is 5. The number of esters is 1. The first-order valence-corrected chi connectivity index (χ1v) is 11.1. The van der Waals surface area contributed by atoms with Gasteiger partial charge in [-0.15, -0.1) is 0 Å². The molecule has 1 aromatic carbocycles. The fraction of sp³-hybridized carbons (Fsp3) is 0.478. The van der Waals surface area contributed by atoms with Crippen LogP contribution >= 0.6 is 0 Å². The maximum atomic E-state index is 12.4. The molecule has 176 valence electrons. The maximum absolute atomic E-state index is 12.4. The number of anilines is 3. The molecular weight excluding hydrogens is 424 g/mol. The average Bonchev–Trinajstić information content (AvgIpc) is 3.29. The molecule has 0 atom stereocenters. The fourth-order valence-corrected chi connectivity index (χ4v) is 4.01. The fourth-order valence-electron chi connectivity index (χ4n) is 4.01. The SMILES string of the molecule is CN1CCc2cc(N3CCn4nc(NC(=O)NCCC(=O)OC(C)(C)C)cc43)ccc2C1=O. The van der Waals surface area contributed by atoms with Crippen molar-refractivity contribution in [3.05, 3.63) is 35.4 Å². The lowest BCUT2D eigenvalue weighted by Gasteiger charge is -2.26. The molecule has 10 nitrogen and oxygen atoms in total. The van der Waals surface area contributed by atoms with Gasteiger partial charge in [0.05, 0.1) is 13.0 Å². The van der Waals surface area contributed by atoms with Crippen LogP contribution in [0, 0.1) is 0 Å². The number of hydrogen-bond donors (Lipinski definition) is 2. The van der Waals surface area contributed by atoms with E-state index in [4.69, 9.17) is 4.74 Å². The Morgan fingerprint density at radius 3 is 2.70 bits per heavy atom. The predicted octanol–water partition coefficient (Wildman–Crippen LogP) is 2.52. The number of carbonyl (C=O) groups excluding carboxylic acids is 3. The zero-order valence-corrected chi connectivity index (χ0v) is 19.5. The number of benzene rings is 1. The van der Waals surface area contributed by atoms with Crippen LogP contribution < -0.4 is 15.5 Å². The smallest absolute Gasteiger partial charge is 0.320 e. The Balaban J connectivity index is 1.36. The van der Waals surface area contributed by atoms with Crippen molar-refractivity contribution in [2.24, 2.45) is 0 Å². The minimum absolute atomic E-state index is 0.0541. The summed E-state index contributed by atoms with van der Waals surface area (Å²) in [5.74, 6) is 0.994. The van der Waals surface area contributed by atoms with E-state index < -0.39 is 11.6 Å². The van der Waals surface area contributed by atoms with Crippen LogP contribution in [-0.4, -0.2) is 64.9 Å². The van der Waals surface area contributed by atoms with Crippen LogP contribution in [0.4, 0.5) is 22.1 Å². The molecule has 0 fully saturated rings. The van der Waals surface area contributed by atoms with Gasteiger partial charge in [0.15, 0.2) is 5.82 Å². The van der Waals surface area contributed by atoms with Crippen molar-refractivity contribution in [2.75, 3.05) is 36.9 Å². The first-order valence-electron chi connectivity index (χ1n) is 11.1. The Bertz CT molecular complexity index is 1090. The summed E-state index contributed by atoms with van der Waals surface area (Å²) < 4.78 is 7.07. The lowest BCUT2D eigenvalue weighted by atomic mass is 9.98. The molecule has 4 rings (SSSR count). The van der Waals surface area contributed by atoms with E-state index >= 15 is 0 Å². The predicted molar refractivity (Wildman–Crippen MR) is 124 cm³/mol. The average molecular weight is 455 g/mol. The Morgan fingerprint density at radius 1 is 1.15 bits per heavy atom. The zero-order valence-electron chi connectivity index (χ0n) is 19.5. The van der Waals surface area contributed by atoms with Gasteiger partial charge >= 0.3 is 12.0 Å². The molecule has 2 aliphatic heterocycles. The maximum Gasteiger partial charge on any atom is 0.320 e. The van der Waals surface area contributed by atoms with Gasteiger partial charge in [-0.3, -0.25) is 14.9 Å². The highest BCUT2D eigenvalue weighted by atomic mass is 16.6. The van der Waals surface area contributed by atoms with Crippen molar-refractivity contribution >= 4 is 35.2 Å². The van der Waals surface area contributed by atoms with Crippen LogP contribution in [0.1, 0.15) is 43.1 Å². The lowest BCUT2D eigenvalue weighted by molar-refractivity contribution is -0.154. The number of amides is 3. The lowest BCUT2D eigenvalue weighted by Crippen LogP contribution is -2.34. The number of nitrogens with one attached hydrogen (secondary N) is 2. The molecule has 3 amide bonds. The Hall–Kier alpha value is -3.56. The molecule has 2 aliphatic rings. The summed E-state index contributed by atoms with van der Waals surface area (Å²) in [6.45, 7) is 7.73. The van der Waals surface area contributed by atoms with Gasteiger partial charge in [-0.25, -0.2) is 9.48 Å². The Morgan fingerprint density at radius 2 is 1.94 bits per heavy atom. The van der Waals surface area contributed by atoms with Gasteiger partial charge in [0, 0.05) is 44.0 Å². The van der Waals surface area contributed by atoms with Crippen molar-refractivity contribution in [3.63, 3.8) is 0 Å². The van der Waals surface area contributed by atoms with Gasteiger partial charge in [-0.1, -0.05) is 0 Å². The highest BCUT2D eigenvalue weighted by molar-refractivity contribution is 5.97. The standard InChI is InChI=1S/C23H30N6O4/c1-23(2,3)33-20(30)7-9-24-22(32)25-18-14-19-28(11-12-29(19)26-18)16-5-6-17-15(13-16)8-10-27(4)21(17)31/h5-6,13-14H,7-12H2,1-4H3,(H2,24,25,26,32). The molecule has 0 unspecified atom stereocenters. The number of aromatic nitrogens is 2. The largest absolute Gasteiger partial charge is 0.460 e. The molecule has 2 aromatic rings. The number of likely N-dealkylation sites (N-methyl/N-ethyl adjacent to an activating group) is 1. The number of urea groups is 1. The minimum Gasteiger partial charge on any atom is -0.460 e. The minimum atomic E-state index is -0.549. The monoisotopic (exact) mass is 454 g/mol. The Kier molecular flexibility index (Phi) is 6.01. The number of hydrogen-bond acceptors (Lipinski definition) is 6. The molecule has 0 spiro atoms. The number of ether oxygens (including phenoxy) is 1.